The Morgan fingerprint density at radius 2 is 2.00 bits per heavy atom. The normalized spacial score (nSPS) is 14.2. The number of benzene rings is 2. The molecule has 0 fully saturated rings. The van der Waals surface area contributed by atoms with Crippen LogP contribution in [0.15, 0.2) is 47.4 Å². The third-order valence-electron chi connectivity index (χ3n) is 4.17. The molecule has 7 heteroatoms. The van der Waals surface area contributed by atoms with E-state index in [1.54, 1.807) is 6.92 Å². The highest BCUT2D eigenvalue weighted by atomic mass is 32.2. The van der Waals surface area contributed by atoms with Gasteiger partial charge in [0.1, 0.15) is 5.82 Å². The van der Waals surface area contributed by atoms with Crippen LogP contribution in [0.3, 0.4) is 0 Å². The average molecular weight is 362 g/mol. The van der Waals surface area contributed by atoms with Crippen molar-refractivity contribution in [3.63, 3.8) is 0 Å². The van der Waals surface area contributed by atoms with Crippen molar-refractivity contribution in [2.24, 2.45) is 0 Å². The molecule has 25 heavy (non-hydrogen) atoms. The summed E-state index contributed by atoms with van der Waals surface area (Å²) in [4.78, 5) is 14.3. The third-order valence-corrected chi connectivity index (χ3v) is 5.71. The topological polar surface area (TPSA) is 66.5 Å². The van der Waals surface area contributed by atoms with Crippen molar-refractivity contribution in [2.45, 2.75) is 24.7 Å². The molecule has 0 aliphatic carbocycles. The van der Waals surface area contributed by atoms with Crippen LogP contribution < -0.4 is 9.62 Å². The van der Waals surface area contributed by atoms with Gasteiger partial charge in [0.05, 0.1) is 10.5 Å². The first-order chi connectivity index (χ1) is 11.9. The van der Waals surface area contributed by atoms with Gasteiger partial charge in [-0.1, -0.05) is 25.1 Å². The van der Waals surface area contributed by atoms with Crippen LogP contribution in [0.2, 0.25) is 0 Å². The molecule has 1 aliphatic heterocycles. The van der Waals surface area contributed by atoms with Crippen LogP contribution in [0.5, 0.6) is 0 Å². The number of rotatable bonds is 4. The van der Waals surface area contributed by atoms with Gasteiger partial charge in [0, 0.05) is 18.8 Å². The molecule has 2 aromatic rings. The number of nitrogens with one attached hydrogen (secondary N) is 1. The van der Waals surface area contributed by atoms with Gasteiger partial charge in [-0.2, -0.15) is 0 Å². The smallest absolute Gasteiger partial charge is 0.261 e. The highest BCUT2D eigenvalue weighted by Crippen LogP contribution is 2.29. The number of hydrogen-bond acceptors (Lipinski definition) is 3. The first-order valence-corrected chi connectivity index (χ1v) is 9.61. The van der Waals surface area contributed by atoms with Crippen LogP contribution in [0.25, 0.3) is 0 Å². The van der Waals surface area contributed by atoms with Crippen LogP contribution in [0.1, 0.15) is 29.3 Å². The van der Waals surface area contributed by atoms with Crippen molar-refractivity contribution in [3.05, 3.63) is 59.4 Å². The summed E-state index contributed by atoms with van der Waals surface area (Å²) in [6, 6.07) is 10.8. The van der Waals surface area contributed by atoms with E-state index in [9.17, 15) is 17.6 Å². The second-order valence-electron chi connectivity index (χ2n) is 5.83. The predicted octanol–water partition coefficient (Wildman–Crippen LogP) is 2.72. The average Bonchev–Trinajstić information content (AvgIpc) is 2.61. The van der Waals surface area contributed by atoms with E-state index in [4.69, 9.17) is 0 Å². The summed E-state index contributed by atoms with van der Waals surface area (Å²) in [5.74, 6) is -1.26. The predicted molar refractivity (Wildman–Crippen MR) is 93.7 cm³/mol. The van der Waals surface area contributed by atoms with Gasteiger partial charge in [0.15, 0.2) is 0 Å². The van der Waals surface area contributed by atoms with Gasteiger partial charge in [0.25, 0.3) is 5.91 Å². The molecule has 3 rings (SSSR count). The first-order valence-electron chi connectivity index (χ1n) is 8.13. The van der Waals surface area contributed by atoms with Crippen LogP contribution in [0.4, 0.5) is 10.1 Å². The van der Waals surface area contributed by atoms with Gasteiger partial charge in [-0.3, -0.25) is 4.79 Å². The van der Waals surface area contributed by atoms with Crippen LogP contribution >= 0.6 is 0 Å². The lowest BCUT2D eigenvalue weighted by atomic mass is 10.0. The summed E-state index contributed by atoms with van der Waals surface area (Å²) in [6.45, 7) is 2.33. The summed E-state index contributed by atoms with van der Waals surface area (Å²) < 4.78 is 40.9. The fraction of sp³-hybridized carbons (Fsp3) is 0.278. The molecule has 0 spiro atoms. The van der Waals surface area contributed by atoms with E-state index in [1.165, 1.54) is 4.90 Å². The summed E-state index contributed by atoms with van der Waals surface area (Å²) in [5, 5.41) is 0. The van der Waals surface area contributed by atoms with Crippen molar-refractivity contribution >= 4 is 21.6 Å². The van der Waals surface area contributed by atoms with Crippen LogP contribution in [-0.4, -0.2) is 27.4 Å². The van der Waals surface area contributed by atoms with E-state index in [-0.39, 0.29) is 17.0 Å². The number of carbonyl (C=O) groups is 1. The lowest BCUT2D eigenvalue weighted by molar-refractivity contribution is 0.0981. The fourth-order valence-electron chi connectivity index (χ4n) is 3.00. The Morgan fingerprint density at radius 1 is 1.24 bits per heavy atom. The zero-order valence-electron chi connectivity index (χ0n) is 13.8. The SMILES string of the molecule is CCNS(=O)(=O)c1ccc(F)c(C(=O)N2CCCc3ccccc32)c1. The molecular weight excluding hydrogens is 343 g/mol. The number of halogens is 1. The molecule has 1 heterocycles. The molecule has 0 radical (unpaired) electrons. The molecule has 0 saturated heterocycles. The zero-order valence-corrected chi connectivity index (χ0v) is 14.6. The minimum Gasteiger partial charge on any atom is -0.308 e. The molecule has 5 nitrogen and oxygen atoms in total. The number of carbonyl (C=O) groups excluding carboxylic acids is 1. The van der Waals surface area contributed by atoms with Gasteiger partial charge in [0.2, 0.25) is 10.0 Å². The molecule has 2 aromatic carbocycles. The van der Waals surface area contributed by atoms with Crippen LogP contribution in [-0.2, 0) is 16.4 Å². The lowest BCUT2D eigenvalue weighted by Crippen LogP contribution is -2.36. The zero-order chi connectivity index (χ0) is 18.0. The molecule has 1 aliphatic rings. The number of sulfonamides is 1. The van der Waals surface area contributed by atoms with Crippen molar-refractivity contribution in [1.29, 1.82) is 0 Å². The number of hydrogen-bond donors (Lipinski definition) is 1. The van der Waals surface area contributed by atoms with E-state index >= 15 is 0 Å². The molecule has 0 aromatic heterocycles. The third kappa shape index (κ3) is 3.43. The summed E-state index contributed by atoms with van der Waals surface area (Å²) in [5.41, 5.74) is 1.53. The minimum absolute atomic E-state index is 0.121. The second kappa shape index (κ2) is 6.93. The maximum atomic E-state index is 14.3. The monoisotopic (exact) mass is 362 g/mol. The Balaban J connectivity index is 2.01. The van der Waals surface area contributed by atoms with Gasteiger partial charge in [-0.25, -0.2) is 17.5 Å². The maximum absolute atomic E-state index is 14.3. The second-order valence-corrected chi connectivity index (χ2v) is 7.60. The van der Waals surface area contributed by atoms with Gasteiger partial charge < -0.3 is 4.90 Å². The Bertz CT molecular complexity index is 912. The highest BCUT2D eigenvalue weighted by Gasteiger charge is 2.26. The molecule has 0 saturated carbocycles. The first kappa shape index (κ1) is 17.6. The van der Waals surface area contributed by atoms with Gasteiger partial charge in [-0.15, -0.1) is 0 Å². The number of anilines is 1. The van der Waals surface area contributed by atoms with Gasteiger partial charge >= 0.3 is 0 Å². The molecule has 0 atom stereocenters. The highest BCUT2D eigenvalue weighted by molar-refractivity contribution is 7.89. The standard InChI is InChI=1S/C18H19FN2O3S/c1-2-20-25(23,24)14-9-10-16(19)15(12-14)18(22)21-11-5-7-13-6-3-4-8-17(13)21/h3-4,6,8-10,12,20H,2,5,7,11H2,1H3. The molecule has 1 amide bonds. The van der Waals surface area contributed by atoms with Crippen LogP contribution in [0, 0.1) is 5.82 Å². The summed E-state index contributed by atoms with van der Waals surface area (Å²) in [7, 11) is -3.76. The molecule has 132 valence electrons. The maximum Gasteiger partial charge on any atom is 0.261 e. The number of amides is 1. The minimum atomic E-state index is -3.76. The largest absolute Gasteiger partial charge is 0.308 e. The lowest BCUT2D eigenvalue weighted by Gasteiger charge is -2.29. The van der Waals surface area contributed by atoms with Crippen molar-refractivity contribution in [2.75, 3.05) is 18.0 Å². The van der Waals surface area contributed by atoms with Gasteiger partial charge in [-0.05, 0) is 42.7 Å². The van der Waals surface area contributed by atoms with E-state index in [1.807, 2.05) is 24.3 Å². The Kier molecular flexibility index (Phi) is 4.87. The van der Waals surface area contributed by atoms with Crippen molar-refractivity contribution in [1.82, 2.24) is 4.72 Å². The summed E-state index contributed by atoms with van der Waals surface area (Å²) >= 11 is 0. The number of aryl methyl sites for hydroxylation is 1. The van der Waals surface area contributed by atoms with Crippen molar-refractivity contribution in [3.8, 4) is 0 Å². The fourth-order valence-corrected chi connectivity index (χ4v) is 4.07. The van der Waals surface area contributed by atoms with E-state index in [0.717, 1.165) is 42.3 Å². The van der Waals surface area contributed by atoms with E-state index in [0.29, 0.717) is 6.54 Å². The Labute approximate surface area is 146 Å². The Morgan fingerprint density at radius 3 is 2.76 bits per heavy atom. The number of fused-ring (bicyclic) bond motifs is 1. The van der Waals surface area contributed by atoms with E-state index in [2.05, 4.69) is 4.72 Å². The van der Waals surface area contributed by atoms with Crippen molar-refractivity contribution < 1.29 is 17.6 Å². The van der Waals surface area contributed by atoms with E-state index < -0.39 is 21.7 Å². The summed E-state index contributed by atoms with van der Waals surface area (Å²) in [6.07, 6.45) is 1.64. The molecule has 0 unspecified atom stereocenters. The number of para-hydroxylation sites is 1. The quantitative estimate of drug-likeness (QED) is 0.909. The molecule has 1 N–H and O–H groups in total. The Hall–Kier alpha value is -2.25. The molecule has 0 bridgehead atoms. The molecular formula is C18H19FN2O3S. The number of nitrogens with zero attached hydrogens (tertiary/aromatic N) is 1.